The van der Waals surface area contributed by atoms with Crippen LogP contribution in [0.1, 0.15) is 69.4 Å². The molecule has 1 saturated carbocycles. The number of hydrogen-bond acceptors (Lipinski definition) is 6. The van der Waals surface area contributed by atoms with E-state index in [1.165, 1.54) is 13.5 Å². The van der Waals surface area contributed by atoms with E-state index in [1.54, 1.807) is 0 Å². The van der Waals surface area contributed by atoms with Gasteiger partial charge in [0, 0.05) is 22.9 Å². The summed E-state index contributed by atoms with van der Waals surface area (Å²) in [6.07, 6.45) is 5.46. The molecule has 0 aromatic heterocycles. The van der Waals surface area contributed by atoms with Gasteiger partial charge in [-0.05, 0) is 63.0 Å². The third kappa shape index (κ3) is 4.35. The summed E-state index contributed by atoms with van der Waals surface area (Å²) in [5.41, 5.74) is 4.30. The number of Topliss-reactive ketones (excluding diaryl/α,β-unsaturated/α-hetero) is 1. The van der Waals surface area contributed by atoms with Gasteiger partial charge in [0.05, 0.1) is 12.7 Å². The van der Waals surface area contributed by atoms with E-state index < -0.39 is 17.8 Å². The Morgan fingerprint density at radius 1 is 1.06 bits per heavy atom. The molecule has 1 aliphatic heterocycles. The number of carbonyl (C=O) groups is 3. The number of benzene rings is 1. The highest BCUT2D eigenvalue weighted by atomic mass is 16.5. The van der Waals surface area contributed by atoms with E-state index in [-0.39, 0.29) is 23.8 Å². The van der Waals surface area contributed by atoms with Gasteiger partial charge in [-0.2, -0.15) is 0 Å². The van der Waals surface area contributed by atoms with Crippen LogP contribution >= 0.6 is 0 Å². The molecule has 1 heterocycles. The minimum Gasteiger partial charge on any atom is -0.468 e. The number of dihydropyridines is 1. The largest absolute Gasteiger partial charge is 0.468 e. The SMILES string of the molecule is COC(=O)[C@@H]1C(=O)C2=C(C[C@@H]1C)NC(C)=C(C(=O)OC1CCCCC1)[C@@H]2c1ccccc1C. The smallest absolute Gasteiger partial charge is 0.337 e. The molecule has 0 unspecified atom stereocenters. The molecule has 0 radical (unpaired) electrons. The minimum atomic E-state index is -0.879. The number of esters is 2. The number of nitrogens with one attached hydrogen (secondary N) is 1. The quantitative estimate of drug-likeness (QED) is 0.537. The van der Waals surface area contributed by atoms with Crippen molar-refractivity contribution in [2.75, 3.05) is 7.11 Å². The third-order valence-electron chi connectivity index (χ3n) is 7.29. The van der Waals surface area contributed by atoms with Crippen molar-refractivity contribution >= 4 is 17.7 Å². The summed E-state index contributed by atoms with van der Waals surface area (Å²) >= 11 is 0. The summed E-state index contributed by atoms with van der Waals surface area (Å²) in [6.45, 7) is 5.73. The van der Waals surface area contributed by atoms with Gasteiger partial charge in [0.15, 0.2) is 5.78 Å². The van der Waals surface area contributed by atoms with Crippen molar-refractivity contribution in [3.63, 3.8) is 0 Å². The predicted molar refractivity (Wildman–Crippen MR) is 124 cm³/mol. The molecule has 6 nitrogen and oxygen atoms in total. The van der Waals surface area contributed by atoms with Crippen molar-refractivity contribution in [1.29, 1.82) is 0 Å². The van der Waals surface area contributed by atoms with E-state index in [4.69, 9.17) is 9.47 Å². The van der Waals surface area contributed by atoms with E-state index in [9.17, 15) is 14.4 Å². The first-order chi connectivity index (χ1) is 15.8. The van der Waals surface area contributed by atoms with Crippen LogP contribution in [0.4, 0.5) is 0 Å². The topological polar surface area (TPSA) is 81.7 Å². The Kier molecular flexibility index (Phi) is 6.73. The molecule has 0 amide bonds. The Balaban J connectivity index is 1.80. The number of ketones is 1. The van der Waals surface area contributed by atoms with E-state index >= 15 is 0 Å². The van der Waals surface area contributed by atoms with Gasteiger partial charge < -0.3 is 14.8 Å². The number of ether oxygens (including phenoxy) is 2. The van der Waals surface area contributed by atoms with Gasteiger partial charge in [-0.1, -0.05) is 37.6 Å². The first-order valence-electron chi connectivity index (χ1n) is 11.9. The summed E-state index contributed by atoms with van der Waals surface area (Å²) in [6, 6.07) is 7.78. The van der Waals surface area contributed by atoms with Crippen LogP contribution < -0.4 is 5.32 Å². The zero-order valence-corrected chi connectivity index (χ0v) is 19.9. The second kappa shape index (κ2) is 9.54. The van der Waals surface area contributed by atoms with Crippen LogP contribution in [0.5, 0.6) is 0 Å². The Morgan fingerprint density at radius 3 is 2.42 bits per heavy atom. The van der Waals surface area contributed by atoms with Crippen molar-refractivity contribution in [3.8, 4) is 0 Å². The van der Waals surface area contributed by atoms with Gasteiger partial charge in [0.2, 0.25) is 0 Å². The van der Waals surface area contributed by atoms with Crippen molar-refractivity contribution < 1.29 is 23.9 Å². The highest BCUT2D eigenvalue weighted by molar-refractivity contribution is 6.12. The fraction of sp³-hybridized carbons (Fsp3) is 0.519. The third-order valence-corrected chi connectivity index (χ3v) is 7.29. The summed E-state index contributed by atoms with van der Waals surface area (Å²) in [5, 5.41) is 3.33. The lowest BCUT2D eigenvalue weighted by atomic mass is 9.68. The normalized spacial score (nSPS) is 25.9. The molecule has 176 valence electrons. The maximum Gasteiger partial charge on any atom is 0.337 e. The van der Waals surface area contributed by atoms with Gasteiger partial charge >= 0.3 is 11.9 Å². The second-order valence-electron chi connectivity index (χ2n) is 9.56. The lowest BCUT2D eigenvalue weighted by molar-refractivity contribution is -0.151. The summed E-state index contributed by atoms with van der Waals surface area (Å²) in [5.74, 6) is -2.83. The first-order valence-corrected chi connectivity index (χ1v) is 11.9. The number of hydrogen-bond donors (Lipinski definition) is 1. The number of carbonyl (C=O) groups excluding carboxylic acids is 3. The molecule has 1 aromatic carbocycles. The molecule has 4 rings (SSSR count). The Hall–Kier alpha value is -2.89. The van der Waals surface area contributed by atoms with Crippen LogP contribution in [0, 0.1) is 18.8 Å². The summed E-state index contributed by atoms with van der Waals surface area (Å²) < 4.78 is 10.9. The van der Waals surface area contributed by atoms with E-state index in [0.717, 1.165) is 42.5 Å². The lowest BCUT2D eigenvalue weighted by Crippen LogP contribution is -2.43. The van der Waals surface area contributed by atoms with Crippen molar-refractivity contribution in [2.45, 2.75) is 71.3 Å². The molecule has 0 spiro atoms. The maximum atomic E-state index is 13.8. The van der Waals surface area contributed by atoms with Crippen molar-refractivity contribution in [1.82, 2.24) is 5.32 Å². The number of allylic oxidation sites excluding steroid dienone is 3. The van der Waals surface area contributed by atoms with E-state index in [1.807, 2.05) is 45.0 Å². The monoisotopic (exact) mass is 451 g/mol. The van der Waals surface area contributed by atoms with Gasteiger partial charge in [0.25, 0.3) is 0 Å². The zero-order valence-electron chi connectivity index (χ0n) is 19.9. The number of rotatable bonds is 4. The van der Waals surface area contributed by atoms with Crippen molar-refractivity contribution in [3.05, 3.63) is 57.9 Å². The highest BCUT2D eigenvalue weighted by Crippen LogP contribution is 2.46. The number of methoxy groups -OCH3 is 1. The molecule has 0 bridgehead atoms. The van der Waals surface area contributed by atoms with Crippen molar-refractivity contribution in [2.24, 2.45) is 11.8 Å². The molecule has 6 heteroatoms. The fourth-order valence-corrected chi connectivity index (χ4v) is 5.57. The molecule has 3 atom stereocenters. The molecule has 1 N–H and O–H groups in total. The van der Waals surface area contributed by atoms with Crippen LogP contribution in [-0.2, 0) is 23.9 Å². The molecule has 3 aliphatic rings. The molecule has 0 saturated heterocycles. The second-order valence-corrected chi connectivity index (χ2v) is 9.56. The average Bonchev–Trinajstić information content (AvgIpc) is 2.79. The van der Waals surface area contributed by atoms with E-state index in [0.29, 0.717) is 23.3 Å². The number of aryl methyl sites for hydroxylation is 1. The minimum absolute atomic E-state index is 0.0932. The van der Waals surface area contributed by atoms with Crippen LogP contribution in [0.15, 0.2) is 46.8 Å². The fourth-order valence-electron chi connectivity index (χ4n) is 5.57. The Bertz CT molecular complexity index is 1030. The molecule has 2 aliphatic carbocycles. The molecule has 1 fully saturated rings. The average molecular weight is 452 g/mol. The first kappa shape index (κ1) is 23.3. The molecule has 1 aromatic rings. The van der Waals surface area contributed by atoms with Crippen LogP contribution in [0.3, 0.4) is 0 Å². The van der Waals surface area contributed by atoms with Crippen LogP contribution in [0.2, 0.25) is 0 Å². The van der Waals surface area contributed by atoms with Gasteiger partial charge in [0.1, 0.15) is 12.0 Å². The highest BCUT2D eigenvalue weighted by Gasteiger charge is 2.47. The zero-order chi connectivity index (χ0) is 23.7. The Morgan fingerprint density at radius 2 is 1.76 bits per heavy atom. The standard InChI is InChI=1S/C27H33NO5/c1-15-10-8-9-13-19(15)23-22(27(31)33-18-11-6-5-7-12-18)17(3)28-20-14-16(2)21(26(30)32-4)25(29)24(20)23/h8-10,13,16,18,21,23,28H,5-7,11-12,14H2,1-4H3/t16-,21-,23-/m0/s1. The van der Waals surface area contributed by atoms with Crippen LogP contribution in [0.25, 0.3) is 0 Å². The predicted octanol–water partition coefficient (Wildman–Crippen LogP) is 4.48. The molecular formula is C27H33NO5. The van der Waals surface area contributed by atoms with Gasteiger partial charge in [-0.3, -0.25) is 9.59 Å². The summed E-state index contributed by atoms with van der Waals surface area (Å²) in [4.78, 5) is 39.8. The Labute approximate surface area is 195 Å². The van der Waals surface area contributed by atoms with E-state index in [2.05, 4.69) is 5.32 Å². The summed E-state index contributed by atoms with van der Waals surface area (Å²) in [7, 11) is 1.31. The molecular weight excluding hydrogens is 418 g/mol. The van der Waals surface area contributed by atoms with Gasteiger partial charge in [-0.25, -0.2) is 4.79 Å². The molecule has 33 heavy (non-hydrogen) atoms. The lowest BCUT2D eigenvalue weighted by Gasteiger charge is -2.39. The van der Waals surface area contributed by atoms with Gasteiger partial charge in [-0.15, -0.1) is 0 Å². The van der Waals surface area contributed by atoms with Crippen LogP contribution in [-0.4, -0.2) is 30.9 Å². The maximum absolute atomic E-state index is 13.8.